The van der Waals surface area contributed by atoms with Gasteiger partial charge in [-0.15, -0.1) is 0 Å². The van der Waals surface area contributed by atoms with Crippen LogP contribution in [0.25, 0.3) is 0 Å². The van der Waals surface area contributed by atoms with Crippen molar-refractivity contribution in [3.8, 4) is 0 Å². The molecule has 0 fully saturated rings. The average molecular weight is 547 g/mol. The summed E-state index contributed by atoms with van der Waals surface area (Å²) in [4.78, 5) is 54.0. The normalized spacial score (nSPS) is 13.6. The second kappa shape index (κ2) is 16.1. The Kier molecular flexibility index (Phi) is 14.0. The molecule has 3 atom stereocenters. The topological polar surface area (TPSA) is 131 Å². The molecule has 9 nitrogen and oxygen atoms in total. The molecule has 0 saturated carbocycles. The number of hydrogen-bond acceptors (Lipinski definition) is 5. The molecule has 0 spiro atoms. The van der Waals surface area contributed by atoms with Crippen molar-refractivity contribution in [3.63, 3.8) is 0 Å². The molecule has 39 heavy (non-hydrogen) atoms. The van der Waals surface area contributed by atoms with Gasteiger partial charge in [0.15, 0.2) is 0 Å². The maximum Gasteiger partial charge on any atom is 0.408 e. The van der Waals surface area contributed by atoms with Gasteiger partial charge in [-0.3, -0.25) is 14.4 Å². The molecule has 0 aliphatic rings. The Morgan fingerprint density at radius 3 is 2.18 bits per heavy atom. The summed E-state index contributed by atoms with van der Waals surface area (Å²) in [7, 11) is 0. The molecule has 9 heteroatoms. The summed E-state index contributed by atoms with van der Waals surface area (Å²) < 4.78 is 5.34. The van der Waals surface area contributed by atoms with Gasteiger partial charge in [-0.05, 0) is 71.1 Å². The van der Waals surface area contributed by atoms with Crippen molar-refractivity contribution in [2.24, 2.45) is 5.73 Å². The van der Waals surface area contributed by atoms with Crippen molar-refractivity contribution in [2.75, 3.05) is 6.54 Å². The van der Waals surface area contributed by atoms with Crippen LogP contribution in [0.4, 0.5) is 4.79 Å². The van der Waals surface area contributed by atoms with Gasteiger partial charge < -0.3 is 26.0 Å². The molecule has 0 radical (unpaired) electrons. The summed E-state index contributed by atoms with van der Waals surface area (Å²) in [6.45, 7) is 15.4. The number of aryl methyl sites for hydroxylation is 2. The maximum absolute atomic E-state index is 14.1. The maximum atomic E-state index is 14.1. The highest BCUT2D eigenvalue weighted by atomic mass is 16.6. The average Bonchev–Trinajstić information content (AvgIpc) is 2.80. The van der Waals surface area contributed by atoms with Gasteiger partial charge in [-0.2, -0.15) is 0 Å². The minimum absolute atomic E-state index is 0.0881. The van der Waals surface area contributed by atoms with E-state index in [0.29, 0.717) is 12.0 Å². The number of amides is 4. The van der Waals surface area contributed by atoms with E-state index >= 15 is 0 Å². The largest absolute Gasteiger partial charge is 0.444 e. The van der Waals surface area contributed by atoms with Gasteiger partial charge >= 0.3 is 6.09 Å². The van der Waals surface area contributed by atoms with E-state index in [0.717, 1.165) is 43.2 Å². The van der Waals surface area contributed by atoms with Crippen LogP contribution in [-0.4, -0.2) is 52.9 Å². The molecule has 1 rings (SSSR count). The minimum Gasteiger partial charge on any atom is -0.444 e. The Labute approximate surface area is 234 Å². The van der Waals surface area contributed by atoms with E-state index in [1.807, 2.05) is 45.9 Å². The predicted molar refractivity (Wildman–Crippen MR) is 154 cm³/mol. The van der Waals surface area contributed by atoms with Crippen molar-refractivity contribution in [2.45, 2.75) is 124 Å². The number of carbonyl (C=O) groups is 4. The van der Waals surface area contributed by atoms with Crippen LogP contribution >= 0.6 is 0 Å². The smallest absolute Gasteiger partial charge is 0.408 e. The lowest BCUT2D eigenvalue weighted by atomic mass is 9.97. The summed E-state index contributed by atoms with van der Waals surface area (Å²) in [5.74, 6) is -1.62. The number of nitrogens with two attached hydrogens (primary N) is 1. The fraction of sp³-hybridized carbons (Fsp3) is 0.667. The molecule has 1 aromatic rings. The van der Waals surface area contributed by atoms with Crippen LogP contribution in [0.5, 0.6) is 0 Å². The zero-order valence-electron chi connectivity index (χ0n) is 25.2. The van der Waals surface area contributed by atoms with Gasteiger partial charge in [-0.25, -0.2) is 4.79 Å². The number of hydrogen-bond donors (Lipinski definition) is 3. The number of alkyl carbamates (subject to hydrolysis) is 1. The standard InChI is InChI=1S/C30H50N4O5/c1-9-11-12-13-17-34(28(37)24(19-25(31)35)33-29(38)39-30(6,7)8)26(27(36)32-22(5)14-10-2)23-16-15-20(3)21(4)18-23/h15-16,18,22,24,26H,9-14,17,19H2,1-8H3,(H2,31,35)(H,32,36)(H,33,38). The first-order valence-corrected chi connectivity index (χ1v) is 14.2. The molecular weight excluding hydrogens is 496 g/mol. The van der Waals surface area contributed by atoms with Crippen LogP contribution in [0.2, 0.25) is 0 Å². The highest BCUT2D eigenvalue weighted by molar-refractivity contribution is 5.94. The Bertz CT molecular complexity index is 973. The summed E-state index contributed by atoms with van der Waals surface area (Å²) in [5, 5.41) is 5.59. The van der Waals surface area contributed by atoms with E-state index in [2.05, 4.69) is 17.6 Å². The molecule has 3 unspecified atom stereocenters. The number of carbonyl (C=O) groups excluding carboxylic acids is 4. The van der Waals surface area contributed by atoms with E-state index in [9.17, 15) is 19.2 Å². The van der Waals surface area contributed by atoms with E-state index < -0.39 is 42.0 Å². The lowest BCUT2D eigenvalue weighted by molar-refractivity contribution is -0.143. The monoisotopic (exact) mass is 546 g/mol. The lowest BCUT2D eigenvalue weighted by Gasteiger charge is -2.35. The van der Waals surface area contributed by atoms with E-state index in [4.69, 9.17) is 10.5 Å². The molecule has 1 aromatic carbocycles. The highest BCUT2D eigenvalue weighted by Gasteiger charge is 2.37. The van der Waals surface area contributed by atoms with Crippen LogP contribution in [0.3, 0.4) is 0 Å². The van der Waals surface area contributed by atoms with Gasteiger partial charge in [0, 0.05) is 12.6 Å². The predicted octanol–water partition coefficient (Wildman–Crippen LogP) is 4.83. The van der Waals surface area contributed by atoms with E-state index in [-0.39, 0.29) is 18.5 Å². The van der Waals surface area contributed by atoms with Crippen LogP contribution in [-0.2, 0) is 19.1 Å². The molecule has 0 saturated heterocycles. The van der Waals surface area contributed by atoms with Gasteiger partial charge in [0.25, 0.3) is 0 Å². The van der Waals surface area contributed by atoms with Gasteiger partial charge in [0.1, 0.15) is 17.7 Å². The van der Waals surface area contributed by atoms with E-state index in [1.54, 1.807) is 20.8 Å². The fourth-order valence-electron chi connectivity index (χ4n) is 4.36. The number of nitrogens with one attached hydrogen (secondary N) is 2. The number of unbranched alkanes of at least 4 members (excludes halogenated alkanes) is 3. The fourth-order valence-corrected chi connectivity index (χ4v) is 4.36. The Morgan fingerprint density at radius 1 is 0.974 bits per heavy atom. The number of benzene rings is 1. The number of rotatable bonds is 15. The number of primary amides is 1. The first kappa shape index (κ1) is 33.9. The van der Waals surface area contributed by atoms with Crippen LogP contribution in [0.1, 0.15) is 109 Å². The minimum atomic E-state index is -1.28. The highest BCUT2D eigenvalue weighted by Crippen LogP contribution is 2.26. The SMILES string of the molecule is CCCCCCN(C(=O)C(CC(N)=O)NC(=O)OC(C)(C)C)C(C(=O)NC(C)CCC)c1ccc(C)c(C)c1. The first-order chi connectivity index (χ1) is 18.2. The Hall–Kier alpha value is -3.10. The molecule has 220 valence electrons. The quantitative estimate of drug-likeness (QED) is 0.271. The van der Waals surface area contributed by atoms with Crippen LogP contribution in [0, 0.1) is 13.8 Å². The van der Waals surface area contributed by atoms with E-state index in [1.165, 1.54) is 4.90 Å². The summed E-state index contributed by atoms with van der Waals surface area (Å²) in [5.41, 5.74) is 7.39. The summed E-state index contributed by atoms with van der Waals surface area (Å²) in [6.07, 6.45) is 3.96. The number of nitrogens with zero attached hydrogens (tertiary/aromatic N) is 1. The third-order valence-corrected chi connectivity index (χ3v) is 6.45. The molecule has 0 heterocycles. The summed E-state index contributed by atoms with van der Waals surface area (Å²) >= 11 is 0. The lowest BCUT2D eigenvalue weighted by Crippen LogP contribution is -2.54. The molecule has 0 aliphatic heterocycles. The molecule has 0 bridgehead atoms. The molecular formula is C30H50N4O5. The van der Waals surface area contributed by atoms with Crippen molar-refractivity contribution in [3.05, 3.63) is 34.9 Å². The van der Waals surface area contributed by atoms with Crippen LogP contribution in [0.15, 0.2) is 18.2 Å². The van der Waals surface area contributed by atoms with Crippen molar-refractivity contribution in [1.82, 2.24) is 15.5 Å². The van der Waals surface area contributed by atoms with Gasteiger partial charge in [0.2, 0.25) is 17.7 Å². The van der Waals surface area contributed by atoms with Crippen LogP contribution < -0.4 is 16.4 Å². The van der Waals surface area contributed by atoms with Gasteiger partial charge in [-0.1, -0.05) is 57.7 Å². The zero-order chi connectivity index (χ0) is 29.8. The Balaban J connectivity index is 3.56. The van der Waals surface area contributed by atoms with Crippen molar-refractivity contribution in [1.29, 1.82) is 0 Å². The van der Waals surface area contributed by atoms with Crippen molar-refractivity contribution >= 4 is 23.8 Å². The molecule has 0 aliphatic carbocycles. The third kappa shape index (κ3) is 12.1. The number of ether oxygens (including phenoxy) is 1. The summed E-state index contributed by atoms with van der Waals surface area (Å²) in [6, 6.07) is 3.39. The molecule has 4 amide bonds. The first-order valence-electron chi connectivity index (χ1n) is 14.2. The third-order valence-electron chi connectivity index (χ3n) is 6.45. The second-order valence-corrected chi connectivity index (χ2v) is 11.4. The Morgan fingerprint density at radius 2 is 1.64 bits per heavy atom. The van der Waals surface area contributed by atoms with Crippen molar-refractivity contribution < 1.29 is 23.9 Å². The zero-order valence-corrected chi connectivity index (χ0v) is 25.2. The second-order valence-electron chi connectivity index (χ2n) is 11.4. The molecule has 4 N–H and O–H groups in total. The molecule has 0 aromatic heterocycles. The van der Waals surface area contributed by atoms with Gasteiger partial charge in [0.05, 0.1) is 6.42 Å².